The van der Waals surface area contributed by atoms with Crippen LogP contribution in [0.15, 0.2) is 42.5 Å². The predicted octanol–water partition coefficient (Wildman–Crippen LogP) is 3.09. The minimum absolute atomic E-state index is 0.000601. The van der Waals surface area contributed by atoms with Crippen LogP contribution in [0.3, 0.4) is 0 Å². The number of nitro groups is 1. The number of nitro benzene ring substituents is 1. The molecule has 0 saturated heterocycles. The largest absolute Gasteiger partial charge is 0.496 e. The van der Waals surface area contributed by atoms with E-state index in [1.807, 2.05) is 6.07 Å². The molecule has 0 aliphatic carbocycles. The molecule has 0 unspecified atom stereocenters. The van der Waals surface area contributed by atoms with Crippen molar-refractivity contribution in [3.63, 3.8) is 0 Å². The summed E-state index contributed by atoms with van der Waals surface area (Å²) in [6.07, 6.45) is 2.44. The molecule has 8 nitrogen and oxygen atoms in total. The van der Waals surface area contributed by atoms with Crippen LogP contribution in [0.4, 0.5) is 5.69 Å². The van der Waals surface area contributed by atoms with E-state index in [1.54, 1.807) is 18.2 Å². The molecule has 0 radical (unpaired) electrons. The molecule has 1 heterocycles. The Labute approximate surface area is 148 Å². The molecule has 2 aromatic rings. The first-order chi connectivity index (χ1) is 12.6. The summed E-state index contributed by atoms with van der Waals surface area (Å²) in [5.74, 6) is 0.656. The van der Waals surface area contributed by atoms with E-state index in [2.05, 4.69) is 0 Å². The zero-order valence-corrected chi connectivity index (χ0v) is 13.8. The van der Waals surface area contributed by atoms with Gasteiger partial charge in [-0.3, -0.25) is 10.1 Å². The second-order valence-electron chi connectivity index (χ2n) is 5.27. The van der Waals surface area contributed by atoms with Gasteiger partial charge in [0.2, 0.25) is 6.79 Å². The highest BCUT2D eigenvalue weighted by Crippen LogP contribution is 2.38. The van der Waals surface area contributed by atoms with Gasteiger partial charge in [0.05, 0.1) is 23.7 Å². The Balaban J connectivity index is 1.71. The van der Waals surface area contributed by atoms with Crippen LogP contribution in [0.25, 0.3) is 6.08 Å². The molecule has 1 aliphatic heterocycles. The second-order valence-corrected chi connectivity index (χ2v) is 5.27. The Morgan fingerprint density at radius 1 is 1.27 bits per heavy atom. The Morgan fingerprint density at radius 3 is 2.73 bits per heavy atom. The Morgan fingerprint density at radius 2 is 2.00 bits per heavy atom. The van der Waals surface area contributed by atoms with Gasteiger partial charge in [-0.25, -0.2) is 4.79 Å². The van der Waals surface area contributed by atoms with E-state index in [9.17, 15) is 14.9 Å². The van der Waals surface area contributed by atoms with Crippen LogP contribution in [-0.2, 0) is 16.1 Å². The van der Waals surface area contributed by atoms with Crippen molar-refractivity contribution in [2.24, 2.45) is 0 Å². The molecule has 3 rings (SSSR count). The number of hydrogen-bond donors (Lipinski definition) is 0. The smallest absolute Gasteiger partial charge is 0.331 e. The first-order valence-corrected chi connectivity index (χ1v) is 7.63. The molecule has 8 heteroatoms. The van der Waals surface area contributed by atoms with Crippen molar-refractivity contribution in [2.45, 2.75) is 6.61 Å². The third-order valence-electron chi connectivity index (χ3n) is 3.68. The average molecular weight is 357 g/mol. The number of benzene rings is 2. The summed E-state index contributed by atoms with van der Waals surface area (Å²) in [4.78, 5) is 22.6. The molecule has 134 valence electrons. The van der Waals surface area contributed by atoms with Crippen molar-refractivity contribution in [1.82, 2.24) is 0 Å². The molecule has 0 N–H and O–H groups in total. The number of rotatable bonds is 6. The highest BCUT2D eigenvalue weighted by molar-refractivity contribution is 5.88. The van der Waals surface area contributed by atoms with E-state index in [1.165, 1.54) is 25.3 Å². The van der Waals surface area contributed by atoms with Gasteiger partial charge in [0, 0.05) is 11.6 Å². The third kappa shape index (κ3) is 3.75. The minimum Gasteiger partial charge on any atom is -0.496 e. The van der Waals surface area contributed by atoms with Crippen molar-refractivity contribution in [3.8, 4) is 17.2 Å². The van der Waals surface area contributed by atoms with Gasteiger partial charge in [0.15, 0.2) is 11.5 Å². The highest BCUT2D eigenvalue weighted by atomic mass is 16.7. The number of fused-ring (bicyclic) bond motifs is 1. The quantitative estimate of drug-likeness (QED) is 0.339. The summed E-state index contributed by atoms with van der Waals surface area (Å²) in [7, 11) is 1.53. The standard InChI is InChI=1S/C18H15NO7/c1-23-15-5-3-2-4-13(15)10-24-18(20)7-6-12-8-16-17(26-11-25-16)9-14(12)19(21)22/h2-9H,10-11H2,1H3/b7-6+. The van der Waals surface area contributed by atoms with Crippen LogP contribution in [0.5, 0.6) is 17.2 Å². The van der Waals surface area contributed by atoms with Gasteiger partial charge in [0.1, 0.15) is 12.4 Å². The van der Waals surface area contributed by atoms with Crippen molar-refractivity contribution < 1.29 is 28.7 Å². The van der Waals surface area contributed by atoms with E-state index in [0.29, 0.717) is 22.8 Å². The lowest BCUT2D eigenvalue weighted by Crippen LogP contribution is -2.02. The Bertz CT molecular complexity index is 876. The second kappa shape index (κ2) is 7.56. The molecule has 0 bridgehead atoms. The van der Waals surface area contributed by atoms with Crippen LogP contribution in [0.1, 0.15) is 11.1 Å². The number of hydrogen-bond acceptors (Lipinski definition) is 7. The molecule has 1 aliphatic rings. The average Bonchev–Trinajstić information content (AvgIpc) is 3.11. The molecule has 0 aromatic heterocycles. The normalized spacial score (nSPS) is 12.2. The maximum atomic E-state index is 11.9. The number of esters is 1. The summed E-state index contributed by atoms with van der Waals surface area (Å²) in [5.41, 5.74) is 0.738. The molecule has 0 atom stereocenters. The first-order valence-electron chi connectivity index (χ1n) is 7.63. The van der Waals surface area contributed by atoms with Crippen molar-refractivity contribution in [1.29, 1.82) is 0 Å². The van der Waals surface area contributed by atoms with Crippen LogP contribution in [0, 0.1) is 10.1 Å². The van der Waals surface area contributed by atoms with Crippen LogP contribution >= 0.6 is 0 Å². The molecule has 2 aromatic carbocycles. The molecule has 0 fully saturated rings. The Hall–Kier alpha value is -3.55. The summed E-state index contributed by atoms with van der Waals surface area (Å²) >= 11 is 0. The van der Waals surface area contributed by atoms with Gasteiger partial charge in [-0.15, -0.1) is 0 Å². The topological polar surface area (TPSA) is 97.1 Å². The maximum absolute atomic E-state index is 11.9. The van der Waals surface area contributed by atoms with E-state index in [-0.39, 0.29) is 24.7 Å². The lowest BCUT2D eigenvalue weighted by molar-refractivity contribution is -0.385. The number of para-hydroxylation sites is 1. The SMILES string of the molecule is COc1ccccc1COC(=O)/C=C/c1cc2c(cc1[N+](=O)[O-])OCO2. The van der Waals surface area contributed by atoms with Crippen LogP contribution in [-0.4, -0.2) is 24.8 Å². The minimum atomic E-state index is -0.636. The van der Waals surface area contributed by atoms with Gasteiger partial charge in [-0.2, -0.15) is 0 Å². The van der Waals surface area contributed by atoms with Crippen molar-refractivity contribution >= 4 is 17.7 Å². The van der Waals surface area contributed by atoms with Crippen molar-refractivity contribution in [3.05, 3.63) is 63.7 Å². The van der Waals surface area contributed by atoms with E-state index < -0.39 is 10.9 Å². The molecule has 0 spiro atoms. The fourth-order valence-corrected chi connectivity index (χ4v) is 2.42. The number of carbonyl (C=O) groups is 1. The monoisotopic (exact) mass is 357 g/mol. The van der Waals surface area contributed by atoms with E-state index >= 15 is 0 Å². The molecule has 0 amide bonds. The zero-order chi connectivity index (χ0) is 18.5. The number of nitrogens with zero attached hydrogens (tertiary/aromatic N) is 1. The lowest BCUT2D eigenvalue weighted by Gasteiger charge is -2.07. The molecule has 26 heavy (non-hydrogen) atoms. The van der Waals surface area contributed by atoms with Crippen molar-refractivity contribution in [2.75, 3.05) is 13.9 Å². The highest BCUT2D eigenvalue weighted by Gasteiger charge is 2.22. The maximum Gasteiger partial charge on any atom is 0.331 e. The van der Waals surface area contributed by atoms with Gasteiger partial charge < -0.3 is 18.9 Å². The lowest BCUT2D eigenvalue weighted by atomic mass is 10.1. The van der Waals surface area contributed by atoms with Crippen LogP contribution < -0.4 is 14.2 Å². The first kappa shape index (κ1) is 17.3. The van der Waals surface area contributed by atoms with E-state index in [0.717, 1.165) is 6.08 Å². The van der Waals surface area contributed by atoms with Gasteiger partial charge in [-0.05, 0) is 18.2 Å². The van der Waals surface area contributed by atoms with Gasteiger partial charge in [0.25, 0.3) is 5.69 Å². The number of carbonyl (C=O) groups excluding carboxylic acids is 1. The third-order valence-corrected chi connectivity index (χ3v) is 3.68. The Kier molecular flexibility index (Phi) is 5.02. The summed E-state index contributed by atoms with van der Waals surface area (Å²) < 4.78 is 20.7. The van der Waals surface area contributed by atoms with Crippen LogP contribution in [0.2, 0.25) is 0 Å². The zero-order valence-electron chi connectivity index (χ0n) is 13.8. The van der Waals surface area contributed by atoms with Gasteiger partial charge >= 0.3 is 5.97 Å². The van der Waals surface area contributed by atoms with E-state index in [4.69, 9.17) is 18.9 Å². The summed E-state index contributed by atoms with van der Waals surface area (Å²) in [6, 6.07) is 9.86. The summed E-state index contributed by atoms with van der Waals surface area (Å²) in [6.45, 7) is 0.0248. The number of ether oxygens (including phenoxy) is 4. The molecular formula is C18H15NO7. The fourth-order valence-electron chi connectivity index (χ4n) is 2.42. The van der Waals surface area contributed by atoms with Gasteiger partial charge in [-0.1, -0.05) is 18.2 Å². The predicted molar refractivity (Wildman–Crippen MR) is 91.0 cm³/mol. The fraction of sp³-hybridized carbons (Fsp3) is 0.167. The summed E-state index contributed by atoms with van der Waals surface area (Å²) in [5, 5.41) is 11.2. The molecule has 0 saturated carbocycles. The number of methoxy groups -OCH3 is 1. The molecular weight excluding hydrogens is 342 g/mol.